The number of fused-ring (bicyclic) bond motifs is 1. The highest BCUT2D eigenvalue weighted by molar-refractivity contribution is 9.10. The van der Waals surface area contributed by atoms with E-state index < -0.39 is 0 Å². The highest BCUT2D eigenvalue weighted by Gasteiger charge is 2.22. The summed E-state index contributed by atoms with van der Waals surface area (Å²) >= 11 is 3.58. The number of nitrogens with one attached hydrogen (secondary N) is 1. The zero-order chi connectivity index (χ0) is 16.2. The van der Waals surface area contributed by atoms with Crippen molar-refractivity contribution in [3.63, 3.8) is 0 Å². The molecule has 124 valence electrons. The van der Waals surface area contributed by atoms with E-state index in [-0.39, 0.29) is 0 Å². The van der Waals surface area contributed by atoms with Crippen LogP contribution in [-0.4, -0.2) is 13.7 Å². The molecule has 0 bridgehead atoms. The van der Waals surface area contributed by atoms with Gasteiger partial charge >= 0.3 is 0 Å². The number of methoxy groups -OCH3 is 1. The first-order valence-corrected chi connectivity index (χ1v) is 8.81. The molecule has 1 unspecified atom stereocenters. The standard InChI is InChI=1S/C18H22BrNO3/c1-3-22-18-14(19)9-12(10-17(18)21-2)11-20-15-5-4-6-16-13(15)7-8-23-16/h7-10,15,20H,3-6,11H2,1-2H3. The van der Waals surface area contributed by atoms with Gasteiger partial charge in [0, 0.05) is 24.6 Å². The molecule has 4 nitrogen and oxygen atoms in total. The molecule has 0 aliphatic heterocycles. The van der Waals surface area contributed by atoms with Gasteiger partial charge in [0.2, 0.25) is 0 Å². The van der Waals surface area contributed by atoms with E-state index in [0.717, 1.165) is 53.1 Å². The molecule has 1 heterocycles. The quantitative estimate of drug-likeness (QED) is 0.795. The Morgan fingerprint density at radius 1 is 1.39 bits per heavy atom. The zero-order valence-corrected chi connectivity index (χ0v) is 15.1. The highest BCUT2D eigenvalue weighted by atomic mass is 79.9. The van der Waals surface area contributed by atoms with Crippen molar-refractivity contribution in [2.24, 2.45) is 0 Å². The molecule has 23 heavy (non-hydrogen) atoms. The van der Waals surface area contributed by atoms with Gasteiger partial charge in [0.1, 0.15) is 5.76 Å². The average molecular weight is 380 g/mol. The monoisotopic (exact) mass is 379 g/mol. The molecule has 0 spiro atoms. The number of hydrogen-bond donors (Lipinski definition) is 1. The second-order valence-corrected chi connectivity index (χ2v) is 6.52. The molecule has 1 aliphatic rings. The molecule has 1 atom stereocenters. The average Bonchev–Trinajstić information content (AvgIpc) is 3.04. The van der Waals surface area contributed by atoms with E-state index in [1.165, 1.54) is 5.56 Å². The number of ether oxygens (including phenoxy) is 2. The molecule has 1 aromatic heterocycles. The first kappa shape index (κ1) is 16.4. The van der Waals surface area contributed by atoms with Gasteiger partial charge in [0.15, 0.2) is 11.5 Å². The van der Waals surface area contributed by atoms with E-state index in [1.807, 2.05) is 13.0 Å². The second-order valence-electron chi connectivity index (χ2n) is 5.67. The van der Waals surface area contributed by atoms with E-state index in [9.17, 15) is 0 Å². The molecule has 0 fully saturated rings. The van der Waals surface area contributed by atoms with Crippen molar-refractivity contribution in [3.8, 4) is 11.5 Å². The minimum Gasteiger partial charge on any atom is -0.493 e. The first-order chi connectivity index (χ1) is 11.2. The molecule has 0 saturated heterocycles. The Hall–Kier alpha value is -1.46. The van der Waals surface area contributed by atoms with Gasteiger partial charge in [0.05, 0.1) is 24.5 Å². The molecule has 1 aromatic carbocycles. The summed E-state index contributed by atoms with van der Waals surface area (Å²) in [7, 11) is 1.67. The van der Waals surface area contributed by atoms with E-state index in [4.69, 9.17) is 13.9 Å². The molecule has 0 saturated carbocycles. The Balaban J connectivity index is 1.73. The van der Waals surface area contributed by atoms with Crippen molar-refractivity contribution in [3.05, 3.63) is 45.8 Å². The number of furan rings is 1. The zero-order valence-electron chi connectivity index (χ0n) is 13.5. The summed E-state index contributed by atoms with van der Waals surface area (Å²) in [5.41, 5.74) is 2.46. The van der Waals surface area contributed by atoms with Crippen LogP contribution in [0.3, 0.4) is 0 Å². The third kappa shape index (κ3) is 3.56. The predicted octanol–water partition coefficient (Wildman–Crippen LogP) is 4.62. The first-order valence-electron chi connectivity index (χ1n) is 8.01. The SMILES string of the molecule is CCOc1c(Br)cc(CNC2CCCc3occc32)cc1OC. The van der Waals surface area contributed by atoms with Gasteiger partial charge in [-0.15, -0.1) is 0 Å². The minimum atomic E-state index is 0.355. The maximum atomic E-state index is 5.64. The molecule has 1 aliphatic carbocycles. The van der Waals surface area contributed by atoms with Gasteiger partial charge < -0.3 is 19.2 Å². The predicted molar refractivity (Wildman–Crippen MR) is 93.1 cm³/mol. The third-order valence-corrected chi connectivity index (χ3v) is 4.77. The van der Waals surface area contributed by atoms with Gasteiger partial charge in [-0.25, -0.2) is 0 Å². The topological polar surface area (TPSA) is 43.6 Å². The summed E-state index contributed by atoms with van der Waals surface area (Å²) < 4.78 is 17.6. The number of benzene rings is 1. The summed E-state index contributed by atoms with van der Waals surface area (Å²) in [5, 5.41) is 3.63. The second kappa shape index (κ2) is 7.41. The fourth-order valence-corrected chi connectivity index (χ4v) is 3.70. The highest BCUT2D eigenvalue weighted by Crippen LogP contribution is 2.37. The lowest BCUT2D eigenvalue weighted by Gasteiger charge is -2.23. The Kier molecular flexibility index (Phi) is 5.28. The van der Waals surface area contributed by atoms with Crippen LogP contribution in [0.5, 0.6) is 11.5 Å². The molecule has 2 aromatic rings. The van der Waals surface area contributed by atoms with Crippen LogP contribution in [0.4, 0.5) is 0 Å². The molecular weight excluding hydrogens is 358 g/mol. The Bertz CT molecular complexity index is 668. The van der Waals surface area contributed by atoms with Crippen molar-refractivity contribution in [1.82, 2.24) is 5.32 Å². The van der Waals surface area contributed by atoms with Crippen molar-refractivity contribution >= 4 is 15.9 Å². The van der Waals surface area contributed by atoms with Gasteiger partial charge in [-0.1, -0.05) is 0 Å². The van der Waals surface area contributed by atoms with Crippen molar-refractivity contribution in [1.29, 1.82) is 0 Å². The molecule has 5 heteroatoms. The number of hydrogen-bond acceptors (Lipinski definition) is 4. The van der Waals surface area contributed by atoms with Crippen LogP contribution < -0.4 is 14.8 Å². The fraction of sp³-hybridized carbons (Fsp3) is 0.444. The normalized spacial score (nSPS) is 16.9. The molecule has 0 amide bonds. The number of aryl methyl sites for hydroxylation is 1. The van der Waals surface area contributed by atoms with Crippen LogP contribution in [0.2, 0.25) is 0 Å². The molecule has 3 rings (SSSR count). The number of rotatable bonds is 6. The summed E-state index contributed by atoms with van der Waals surface area (Å²) in [6.45, 7) is 3.35. The fourth-order valence-electron chi connectivity index (χ4n) is 3.10. The van der Waals surface area contributed by atoms with Crippen LogP contribution >= 0.6 is 15.9 Å². The Morgan fingerprint density at radius 3 is 3.04 bits per heavy atom. The van der Waals surface area contributed by atoms with Gasteiger partial charge in [-0.05, 0) is 59.5 Å². The lowest BCUT2D eigenvalue weighted by atomic mass is 9.93. The van der Waals surface area contributed by atoms with E-state index in [1.54, 1.807) is 13.4 Å². The lowest BCUT2D eigenvalue weighted by Crippen LogP contribution is -2.24. The maximum absolute atomic E-state index is 5.64. The third-order valence-electron chi connectivity index (χ3n) is 4.18. The van der Waals surface area contributed by atoms with Crippen LogP contribution in [0.1, 0.15) is 42.7 Å². The molecular formula is C18H22BrNO3. The van der Waals surface area contributed by atoms with Crippen LogP contribution in [0, 0.1) is 0 Å². The molecule has 1 N–H and O–H groups in total. The van der Waals surface area contributed by atoms with E-state index in [2.05, 4.69) is 33.4 Å². The number of halogens is 1. The minimum absolute atomic E-state index is 0.355. The van der Waals surface area contributed by atoms with Crippen molar-refractivity contribution < 1.29 is 13.9 Å². The summed E-state index contributed by atoms with van der Waals surface area (Å²) in [6.07, 6.45) is 5.14. The van der Waals surface area contributed by atoms with E-state index >= 15 is 0 Å². The molecule has 0 radical (unpaired) electrons. The Morgan fingerprint density at radius 2 is 2.26 bits per heavy atom. The maximum Gasteiger partial charge on any atom is 0.175 e. The summed E-state index contributed by atoms with van der Waals surface area (Å²) in [6, 6.07) is 6.55. The van der Waals surface area contributed by atoms with Crippen LogP contribution in [0.25, 0.3) is 0 Å². The van der Waals surface area contributed by atoms with Crippen molar-refractivity contribution in [2.75, 3.05) is 13.7 Å². The van der Waals surface area contributed by atoms with Crippen LogP contribution in [0.15, 0.2) is 33.4 Å². The Labute approximate surface area is 145 Å². The van der Waals surface area contributed by atoms with Crippen molar-refractivity contribution in [2.45, 2.75) is 38.8 Å². The van der Waals surface area contributed by atoms with Gasteiger partial charge in [0.25, 0.3) is 0 Å². The largest absolute Gasteiger partial charge is 0.493 e. The van der Waals surface area contributed by atoms with Gasteiger partial charge in [-0.3, -0.25) is 0 Å². The van der Waals surface area contributed by atoms with Gasteiger partial charge in [-0.2, -0.15) is 0 Å². The van der Waals surface area contributed by atoms with E-state index in [0.29, 0.717) is 12.6 Å². The summed E-state index contributed by atoms with van der Waals surface area (Å²) in [4.78, 5) is 0. The van der Waals surface area contributed by atoms with Crippen LogP contribution in [-0.2, 0) is 13.0 Å². The smallest absolute Gasteiger partial charge is 0.175 e. The lowest BCUT2D eigenvalue weighted by molar-refractivity contribution is 0.308. The summed E-state index contributed by atoms with van der Waals surface area (Å²) in [5.74, 6) is 2.64.